The van der Waals surface area contributed by atoms with Crippen LogP contribution in [0.25, 0.3) is 22.6 Å². The maximum absolute atomic E-state index is 13.0. The molecule has 0 spiro atoms. The number of esters is 1. The van der Waals surface area contributed by atoms with Gasteiger partial charge in [-0.25, -0.2) is 19.7 Å². The summed E-state index contributed by atoms with van der Waals surface area (Å²) in [6.45, 7) is 3.65. The average Bonchev–Trinajstić information content (AvgIpc) is 3.29. The van der Waals surface area contributed by atoms with Crippen LogP contribution in [0.5, 0.6) is 5.75 Å². The average molecular weight is 497 g/mol. The maximum atomic E-state index is 13.0. The third kappa shape index (κ3) is 5.45. The van der Waals surface area contributed by atoms with Crippen LogP contribution < -0.4 is 10.1 Å². The van der Waals surface area contributed by atoms with Gasteiger partial charge < -0.3 is 19.8 Å². The number of benzene rings is 2. The zero-order valence-corrected chi connectivity index (χ0v) is 19.6. The number of imidazole rings is 1. The van der Waals surface area contributed by atoms with Gasteiger partial charge in [0.15, 0.2) is 5.69 Å². The maximum Gasteiger partial charge on any atom is 0.416 e. The highest BCUT2D eigenvalue weighted by Crippen LogP contribution is 2.33. The van der Waals surface area contributed by atoms with Crippen molar-refractivity contribution in [1.82, 2.24) is 19.9 Å². The number of nitrogens with zero attached hydrogens (tertiary/aromatic N) is 3. The lowest BCUT2D eigenvalue weighted by Crippen LogP contribution is -2.10. The monoisotopic (exact) mass is 497 g/mol. The molecule has 0 aliphatic rings. The van der Waals surface area contributed by atoms with E-state index in [1.54, 1.807) is 31.3 Å². The van der Waals surface area contributed by atoms with E-state index in [2.05, 4.69) is 25.3 Å². The van der Waals surface area contributed by atoms with Gasteiger partial charge in [0.1, 0.15) is 11.6 Å². The lowest BCUT2D eigenvalue weighted by molar-refractivity contribution is -0.137. The largest absolute Gasteiger partial charge is 0.496 e. The molecule has 0 saturated heterocycles. The highest BCUT2D eigenvalue weighted by atomic mass is 19.4. The second-order valence-corrected chi connectivity index (χ2v) is 7.69. The van der Waals surface area contributed by atoms with Crippen LogP contribution in [-0.4, -0.2) is 39.6 Å². The molecular weight excluding hydrogens is 475 g/mol. The summed E-state index contributed by atoms with van der Waals surface area (Å²) >= 11 is 0. The Morgan fingerprint density at radius 2 is 1.81 bits per heavy atom. The van der Waals surface area contributed by atoms with Gasteiger partial charge in [-0.1, -0.05) is 12.1 Å². The molecule has 186 valence electrons. The number of aryl methyl sites for hydroxylation is 1. The number of anilines is 2. The van der Waals surface area contributed by atoms with Crippen molar-refractivity contribution >= 4 is 17.6 Å². The summed E-state index contributed by atoms with van der Waals surface area (Å²) in [4.78, 5) is 28.5. The number of methoxy groups -OCH3 is 1. The molecule has 8 nitrogen and oxygen atoms in total. The fourth-order valence-corrected chi connectivity index (χ4v) is 3.44. The van der Waals surface area contributed by atoms with Crippen LogP contribution in [0.1, 0.15) is 28.7 Å². The molecule has 2 N–H and O–H groups in total. The Morgan fingerprint density at radius 3 is 2.42 bits per heavy atom. The normalized spacial score (nSPS) is 11.3. The number of rotatable bonds is 7. The molecule has 2 aromatic carbocycles. The van der Waals surface area contributed by atoms with Crippen LogP contribution in [0.15, 0.2) is 54.7 Å². The zero-order chi connectivity index (χ0) is 25.9. The molecule has 0 atom stereocenters. The first-order valence-electron chi connectivity index (χ1n) is 10.9. The Labute approximate surface area is 204 Å². The van der Waals surface area contributed by atoms with Crippen molar-refractivity contribution in [2.24, 2.45) is 0 Å². The Balaban J connectivity index is 1.70. The number of hydrogen-bond acceptors (Lipinski definition) is 7. The van der Waals surface area contributed by atoms with E-state index in [-0.39, 0.29) is 23.9 Å². The molecule has 0 bridgehead atoms. The summed E-state index contributed by atoms with van der Waals surface area (Å²) in [7, 11) is 1.53. The Morgan fingerprint density at radius 1 is 1.06 bits per heavy atom. The first-order valence-corrected chi connectivity index (χ1v) is 10.9. The second kappa shape index (κ2) is 10.1. The van der Waals surface area contributed by atoms with E-state index in [0.29, 0.717) is 22.8 Å². The smallest absolute Gasteiger partial charge is 0.416 e. The molecule has 36 heavy (non-hydrogen) atoms. The van der Waals surface area contributed by atoms with Crippen molar-refractivity contribution in [3.63, 3.8) is 0 Å². The molecular formula is C25H22F3N5O3. The molecule has 0 unspecified atom stereocenters. The first-order chi connectivity index (χ1) is 17.2. The highest BCUT2D eigenvalue weighted by molar-refractivity contribution is 5.89. The van der Waals surface area contributed by atoms with E-state index in [0.717, 1.165) is 23.4 Å². The van der Waals surface area contributed by atoms with Crippen LogP contribution >= 0.6 is 0 Å². The molecule has 0 saturated carbocycles. The van der Waals surface area contributed by atoms with Gasteiger partial charge in [0.05, 0.1) is 36.2 Å². The number of alkyl halides is 3. The number of nitrogens with one attached hydrogen (secondary N) is 2. The van der Waals surface area contributed by atoms with Crippen molar-refractivity contribution in [3.8, 4) is 28.4 Å². The second-order valence-electron chi connectivity index (χ2n) is 7.69. The zero-order valence-electron chi connectivity index (χ0n) is 19.6. The van der Waals surface area contributed by atoms with Crippen LogP contribution in [-0.2, 0) is 10.9 Å². The van der Waals surface area contributed by atoms with Gasteiger partial charge >= 0.3 is 12.1 Å². The molecule has 0 radical (unpaired) electrons. The summed E-state index contributed by atoms with van der Waals surface area (Å²) in [5.41, 5.74) is 1.91. The predicted molar refractivity (Wildman–Crippen MR) is 127 cm³/mol. The van der Waals surface area contributed by atoms with E-state index < -0.39 is 17.7 Å². The number of ether oxygens (including phenoxy) is 2. The van der Waals surface area contributed by atoms with Gasteiger partial charge in [-0.2, -0.15) is 13.2 Å². The van der Waals surface area contributed by atoms with Crippen molar-refractivity contribution in [3.05, 3.63) is 71.7 Å². The minimum absolute atomic E-state index is 0.0427. The van der Waals surface area contributed by atoms with Crippen molar-refractivity contribution in [1.29, 1.82) is 0 Å². The molecule has 0 fully saturated rings. The predicted octanol–water partition coefficient (Wildman–Crippen LogP) is 5.79. The third-order valence-corrected chi connectivity index (χ3v) is 5.14. The fourth-order valence-electron chi connectivity index (χ4n) is 3.44. The van der Waals surface area contributed by atoms with Crippen molar-refractivity contribution < 1.29 is 27.4 Å². The van der Waals surface area contributed by atoms with E-state index in [4.69, 9.17) is 9.47 Å². The lowest BCUT2D eigenvalue weighted by Gasteiger charge is -2.13. The van der Waals surface area contributed by atoms with Crippen LogP contribution in [0.2, 0.25) is 0 Å². The lowest BCUT2D eigenvalue weighted by atomic mass is 10.1. The summed E-state index contributed by atoms with van der Waals surface area (Å²) in [6, 6.07) is 11.1. The number of hydrogen-bond donors (Lipinski definition) is 2. The molecule has 0 amide bonds. The SMILES string of the molecule is CCOC(=O)c1cc(-c2ccc(C(F)(F)F)cc2)nc(Nc2ccc(-c3nc(C)c[nH]3)c(OC)c2)n1. The van der Waals surface area contributed by atoms with Gasteiger partial charge in [0, 0.05) is 23.5 Å². The van der Waals surface area contributed by atoms with E-state index in [1.807, 2.05) is 6.92 Å². The molecule has 2 heterocycles. The number of H-pyrrole nitrogens is 1. The Kier molecular flexibility index (Phi) is 6.91. The van der Waals surface area contributed by atoms with Gasteiger partial charge in [-0.05, 0) is 44.2 Å². The minimum atomic E-state index is -4.47. The summed E-state index contributed by atoms with van der Waals surface area (Å²) in [6.07, 6.45) is -2.69. The molecule has 2 aromatic heterocycles. The van der Waals surface area contributed by atoms with Gasteiger partial charge in [-0.15, -0.1) is 0 Å². The van der Waals surface area contributed by atoms with E-state index >= 15 is 0 Å². The van der Waals surface area contributed by atoms with Crippen molar-refractivity contribution in [2.45, 2.75) is 20.0 Å². The highest BCUT2D eigenvalue weighted by Gasteiger charge is 2.30. The first kappa shape index (κ1) is 24.7. The van der Waals surface area contributed by atoms with Crippen LogP contribution in [0, 0.1) is 6.92 Å². The van der Waals surface area contributed by atoms with Gasteiger partial charge in [-0.3, -0.25) is 0 Å². The number of aromatic nitrogens is 4. The van der Waals surface area contributed by atoms with Crippen LogP contribution in [0.3, 0.4) is 0 Å². The third-order valence-electron chi connectivity index (χ3n) is 5.14. The molecule has 4 aromatic rings. The van der Waals surface area contributed by atoms with Crippen molar-refractivity contribution in [2.75, 3.05) is 19.0 Å². The van der Waals surface area contributed by atoms with E-state index in [1.165, 1.54) is 25.3 Å². The minimum Gasteiger partial charge on any atom is -0.496 e. The number of aromatic amines is 1. The standard InChI is InChI=1S/C25H22F3N5O3/c1-4-36-23(34)20-12-19(15-5-7-16(8-6-15)25(26,27)28)32-24(33-20)31-17-9-10-18(21(11-17)35-3)22-29-13-14(2)30-22/h5-13H,4H2,1-3H3,(H,29,30)(H,31,32,33). The molecule has 0 aliphatic carbocycles. The molecule has 0 aliphatic heterocycles. The summed E-state index contributed by atoms with van der Waals surface area (Å²) < 4.78 is 49.5. The molecule has 4 rings (SSSR count). The van der Waals surface area contributed by atoms with E-state index in [9.17, 15) is 18.0 Å². The quantitative estimate of drug-likeness (QED) is 0.312. The topological polar surface area (TPSA) is 102 Å². The fraction of sp³-hybridized carbons (Fsp3) is 0.200. The summed E-state index contributed by atoms with van der Waals surface area (Å²) in [5, 5.41) is 3.03. The van der Waals surface area contributed by atoms with Gasteiger partial charge in [0.2, 0.25) is 5.95 Å². The Bertz CT molecular complexity index is 1380. The number of carbonyl (C=O) groups is 1. The van der Waals surface area contributed by atoms with Gasteiger partial charge in [0.25, 0.3) is 0 Å². The summed E-state index contributed by atoms with van der Waals surface area (Å²) in [5.74, 6) is 0.538. The van der Waals surface area contributed by atoms with Crippen LogP contribution in [0.4, 0.5) is 24.8 Å². The Hall–Kier alpha value is -4.41. The molecule has 11 heteroatoms. The number of carbonyl (C=O) groups excluding carboxylic acids is 1. The number of halogens is 3.